The first-order valence-electron chi connectivity index (χ1n) is 11.1. The van der Waals surface area contributed by atoms with E-state index in [-0.39, 0.29) is 17.8 Å². The molecule has 3 heterocycles. The third kappa shape index (κ3) is 3.53. The van der Waals surface area contributed by atoms with E-state index in [0.29, 0.717) is 12.8 Å². The number of fused-ring (bicyclic) bond motifs is 1. The first kappa shape index (κ1) is 20.3. The Labute approximate surface area is 186 Å². The normalized spacial score (nSPS) is 20.2. The predicted octanol–water partition coefficient (Wildman–Crippen LogP) is 3.91. The minimum Gasteiger partial charge on any atom is -0.361 e. The number of anilines is 1. The first-order chi connectivity index (χ1) is 15.5. The number of imide groups is 1. The average Bonchev–Trinajstić information content (AvgIpc) is 3.34. The number of urea groups is 1. The standard InChI is InChI=1S/C25H26N4O3/c1-16(17-9-11-19(12-10-17)28-13-5-4-8-23(28)30)29-24(31)22(27-25(29)32)14-18-15-26-21-7-3-2-6-20(18)21/h2-3,6-7,9-12,15-16,22,26H,4-5,8,13-14H2,1H3,(H,27,32)/t16?,22-/m0/s1. The van der Waals surface area contributed by atoms with Crippen LogP contribution in [0.1, 0.15) is 43.4 Å². The fraction of sp³-hybridized carbons (Fsp3) is 0.320. The molecule has 2 N–H and O–H groups in total. The van der Waals surface area contributed by atoms with Crippen LogP contribution in [0.3, 0.4) is 0 Å². The van der Waals surface area contributed by atoms with Crippen molar-refractivity contribution in [3.63, 3.8) is 0 Å². The molecule has 0 saturated carbocycles. The number of hydrogen-bond donors (Lipinski definition) is 2. The van der Waals surface area contributed by atoms with Crippen LogP contribution in [0.2, 0.25) is 0 Å². The number of rotatable bonds is 5. The molecular formula is C25H26N4O3. The van der Waals surface area contributed by atoms with Crippen LogP contribution in [-0.2, 0) is 16.0 Å². The van der Waals surface area contributed by atoms with Gasteiger partial charge in [0.1, 0.15) is 6.04 Å². The quantitative estimate of drug-likeness (QED) is 0.602. The Kier molecular flexibility index (Phi) is 5.17. The highest BCUT2D eigenvalue weighted by Gasteiger charge is 2.41. The predicted molar refractivity (Wildman–Crippen MR) is 122 cm³/mol. The van der Waals surface area contributed by atoms with Gasteiger partial charge in [-0.15, -0.1) is 0 Å². The van der Waals surface area contributed by atoms with Crippen LogP contribution >= 0.6 is 0 Å². The average molecular weight is 431 g/mol. The maximum absolute atomic E-state index is 13.1. The monoisotopic (exact) mass is 430 g/mol. The second-order valence-corrected chi connectivity index (χ2v) is 8.54. The number of nitrogens with one attached hydrogen (secondary N) is 2. The molecule has 2 aromatic carbocycles. The second-order valence-electron chi connectivity index (χ2n) is 8.54. The van der Waals surface area contributed by atoms with Gasteiger partial charge in [0.05, 0.1) is 6.04 Å². The summed E-state index contributed by atoms with van der Waals surface area (Å²) < 4.78 is 0. The Bertz CT molecular complexity index is 1180. The number of nitrogens with zero attached hydrogens (tertiary/aromatic N) is 2. The molecule has 3 aromatic rings. The molecule has 4 amide bonds. The van der Waals surface area contributed by atoms with E-state index in [1.807, 2.05) is 66.6 Å². The van der Waals surface area contributed by atoms with Crippen molar-refractivity contribution in [2.24, 2.45) is 0 Å². The zero-order chi connectivity index (χ0) is 22.2. The van der Waals surface area contributed by atoms with Gasteiger partial charge in [-0.05, 0) is 49.1 Å². The number of carbonyl (C=O) groups excluding carboxylic acids is 3. The molecule has 1 aromatic heterocycles. The van der Waals surface area contributed by atoms with Crippen molar-refractivity contribution in [2.45, 2.75) is 44.7 Å². The van der Waals surface area contributed by atoms with Crippen molar-refractivity contribution in [3.05, 3.63) is 65.9 Å². The molecule has 0 bridgehead atoms. The van der Waals surface area contributed by atoms with Crippen LogP contribution in [0.5, 0.6) is 0 Å². The number of H-pyrrole nitrogens is 1. The molecule has 0 aliphatic carbocycles. The summed E-state index contributed by atoms with van der Waals surface area (Å²) in [4.78, 5) is 44.3. The maximum atomic E-state index is 13.1. The summed E-state index contributed by atoms with van der Waals surface area (Å²) >= 11 is 0. The number of hydrogen-bond acceptors (Lipinski definition) is 3. The van der Waals surface area contributed by atoms with Gasteiger partial charge in [-0.2, -0.15) is 0 Å². The Morgan fingerprint density at radius 1 is 1.03 bits per heavy atom. The van der Waals surface area contributed by atoms with E-state index in [0.717, 1.165) is 47.1 Å². The molecule has 0 radical (unpaired) electrons. The summed E-state index contributed by atoms with van der Waals surface area (Å²) in [7, 11) is 0. The third-order valence-electron chi connectivity index (χ3n) is 6.55. The number of amides is 4. The summed E-state index contributed by atoms with van der Waals surface area (Å²) in [6.07, 6.45) is 4.86. The minimum atomic E-state index is -0.589. The maximum Gasteiger partial charge on any atom is 0.325 e. The highest BCUT2D eigenvalue weighted by atomic mass is 16.2. The lowest BCUT2D eigenvalue weighted by Crippen LogP contribution is -2.35. The summed E-state index contributed by atoms with van der Waals surface area (Å²) in [5, 5.41) is 3.91. The van der Waals surface area contributed by atoms with Gasteiger partial charge < -0.3 is 15.2 Å². The van der Waals surface area contributed by atoms with Crippen LogP contribution in [0.25, 0.3) is 10.9 Å². The fourth-order valence-corrected chi connectivity index (χ4v) is 4.73. The Morgan fingerprint density at radius 2 is 1.81 bits per heavy atom. The lowest BCUT2D eigenvalue weighted by Gasteiger charge is -2.27. The van der Waals surface area contributed by atoms with E-state index < -0.39 is 12.1 Å². The van der Waals surface area contributed by atoms with Crippen LogP contribution in [0.15, 0.2) is 54.7 Å². The SMILES string of the molecule is CC(c1ccc(N2CCCCC2=O)cc1)N1C(=O)N[C@@H](Cc2c[nH]c3ccccc23)C1=O. The Balaban J connectivity index is 1.31. The van der Waals surface area contributed by atoms with Crippen molar-refractivity contribution in [1.82, 2.24) is 15.2 Å². The molecule has 7 heteroatoms. The highest BCUT2D eigenvalue weighted by molar-refractivity contribution is 6.05. The zero-order valence-corrected chi connectivity index (χ0v) is 18.0. The minimum absolute atomic E-state index is 0.145. The Hall–Kier alpha value is -3.61. The van der Waals surface area contributed by atoms with E-state index in [1.165, 1.54) is 4.90 Å². The topological polar surface area (TPSA) is 85.5 Å². The molecule has 32 heavy (non-hydrogen) atoms. The van der Waals surface area contributed by atoms with Crippen molar-refractivity contribution in [1.29, 1.82) is 0 Å². The molecule has 7 nitrogen and oxygen atoms in total. The van der Waals surface area contributed by atoms with Gasteiger partial charge >= 0.3 is 6.03 Å². The largest absolute Gasteiger partial charge is 0.361 e. The zero-order valence-electron chi connectivity index (χ0n) is 18.0. The van der Waals surface area contributed by atoms with Crippen molar-refractivity contribution in [2.75, 3.05) is 11.4 Å². The molecule has 1 unspecified atom stereocenters. The molecule has 2 aliphatic heterocycles. The third-order valence-corrected chi connectivity index (χ3v) is 6.55. The first-order valence-corrected chi connectivity index (χ1v) is 11.1. The summed E-state index contributed by atoms with van der Waals surface area (Å²) in [6.45, 7) is 2.59. The molecule has 2 saturated heterocycles. The molecule has 164 valence electrons. The number of para-hydroxylation sites is 1. The van der Waals surface area contributed by atoms with Gasteiger partial charge in [0.2, 0.25) is 5.91 Å². The van der Waals surface area contributed by atoms with Crippen molar-refractivity contribution < 1.29 is 14.4 Å². The number of benzene rings is 2. The van der Waals surface area contributed by atoms with Crippen molar-refractivity contribution in [3.8, 4) is 0 Å². The number of piperidine rings is 1. The molecule has 2 atom stereocenters. The second kappa shape index (κ2) is 8.15. The molecular weight excluding hydrogens is 404 g/mol. The lowest BCUT2D eigenvalue weighted by atomic mass is 10.0. The van der Waals surface area contributed by atoms with Gasteiger partial charge in [0.15, 0.2) is 0 Å². The molecule has 0 spiro atoms. The number of aromatic nitrogens is 1. The molecule has 5 rings (SSSR count). The summed E-state index contributed by atoms with van der Waals surface area (Å²) in [6, 6.07) is 14.2. The van der Waals surface area contributed by atoms with E-state index in [4.69, 9.17) is 0 Å². The summed E-state index contributed by atoms with van der Waals surface area (Å²) in [5.74, 6) is -0.0747. The number of carbonyl (C=O) groups is 3. The van der Waals surface area contributed by atoms with Gasteiger partial charge in [-0.1, -0.05) is 30.3 Å². The van der Waals surface area contributed by atoms with E-state index in [9.17, 15) is 14.4 Å². The van der Waals surface area contributed by atoms with Gasteiger partial charge in [0, 0.05) is 42.2 Å². The fourth-order valence-electron chi connectivity index (χ4n) is 4.73. The van der Waals surface area contributed by atoms with Gasteiger partial charge in [0.25, 0.3) is 5.91 Å². The van der Waals surface area contributed by atoms with Gasteiger partial charge in [-0.25, -0.2) is 4.79 Å². The van der Waals surface area contributed by atoms with E-state index in [1.54, 1.807) is 0 Å². The van der Waals surface area contributed by atoms with E-state index >= 15 is 0 Å². The van der Waals surface area contributed by atoms with Crippen LogP contribution in [0, 0.1) is 0 Å². The van der Waals surface area contributed by atoms with Crippen LogP contribution < -0.4 is 10.2 Å². The lowest BCUT2D eigenvalue weighted by molar-refractivity contribution is -0.128. The highest BCUT2D eigenvalue weighted by Crippen LogP contribution is 2.29. The smallest absolute Gasteiger partial charge is 0.325 e. The number of aromatic amines is 1. The summed E-state index contributed by atoms with van der Waals surface area (Å²) in [5.41, 5.74) is 3.73. The van der Waals surface area contributed by atoms with Crippen LogP contribution in [0.4, 0.5) is 10.5 Å². The van der Waals surface area contributed by atoms with Crippen LogP contribution in [-0.4, -0.2) is 40.3 Å². The van der Waals surface area contributed by atoms with Crippen molar-refractivity contribution >= 4 is 34.4 Å². The van der Waals surface area contributed by atoms with Gasteiger partial charge in [-0.3, -0.25) is 14.5 Å². The molecule has 2 fully saturated rings. The molecule has 2 aliphatic rings. The van der Waals surface area contributed by atoms with E-state index in [2.05, 4.69) is 10.3 Å². The Morgan fingerprint density at radius 3 is 2.59 bits per heavy atom.